The largest absolute Gasteiger partial charge is 0.481 e. The van der Waals surface area contributed by atoms with Gasteiger partial charge in [-0.2, -0.15) is 0 Å². The van der Waals surface area contributed by atoms with Crippen molar-refractivity contribution >= 4 is 12.0 Å². The van der Waals surface area contributed by atoms with Gasteiger partial charge in [0.2, 0.25) is 0 Å². The molecular formula is C14H22N2O3. The van der Waals surface area contributed by atoms with Crippen LogP contribution >= 0.6 is 0 Å². The number of carbonyl (C=O) groups excluding carboxylic acids is 1. The van der Waals surface area contributed by atoms with Crippen LogP contribution in [0.1, 0.15) is 39.5 Å². The fourth-order valence-corrected chi connectivity index (χ4v) is 2.25. The van der Waals surface area contributed by atoms with Crippen molar-refractivity contribution in [3.05, 3.63) is 0 Å². The second-order valence-electron chi connectivity index (χ2n) is 5.39. The number of rotatable bonds is 4. The highest BCUT2D eigenvalue weighted by Crippen LogP contribution is 2.24. The Morgan fingerprint density at radius 2 is 1.84 bits per heavy atom. The van der Waals surface area contributed by atoms with Gasteiger partial charge in [-0.25, -0.2) is 4.79 Å². The summed E-state index contributed by atoms with van der Waals surface area (Å²) in [6.45, 7) is 3.89. The van der Waals surface area contributed by atoms with E-state index in [2.05, 4.69) is 16.6 Å². The highest BCUT2D eigenvalue weighted by molar-refractivity contribution is 5.75. The molecule has 1 unspecified atom stereocenters. The minimum absolute atomic E-state index is 0.0428. The molecule has 1 atom stereocenters. The number of hydrogen-bond acceptors (Lipinski definition) is 2. The number of aliphatic carboxylic acids is 1. The van der Waals surface area contributed by atoms with E-state index in [1.54, 1.807) is 0 Å². The molecule has 1 fully saturated rings. The first kappa shape index (κ1) is 15.4. The molecule has 0 radical (unpaired) electrons. The zero-order valence-electron chi connectivity index (χ0n) is 11.5. The van der Waals surface area contributed by atoms with Gasteiger partial charge in [0.1, 0.15) is 0 Å². The van der Waals surface area contributed by atoms with Crippen molar-refractivity contribution in [2.75, 3.05) is 0 Å². The first-order chi connectivity index (χ1) is 8.93. The molecule has 0 aromatic heterocycles. The molecule has 2 amide bonds. The highest BCUT2D eigenvalue weighted by atomic mass is 16.4. The van der Waals surface area contributed by atoms with Crippen LogP contribution < -0.4 is 10.6 Å². The average molecular weight is 266 g/mol. The molecule has 5 nitrogen and oxygen atoms in total. The average Bonchev–Trinajstić information content (AvgIpc) is 2.36. The summed E-state index contributed by atoms with van der Waals surface area (Å²) < 4.78 is 0. The molecule has 1 aliphatic carbocycles. The summed E-state index contributed by atoms with van der Waals surface area (Å²) in [5.74, 6) is 1.71. The maximum Gasteiger partial charge on any atom is 0.315 e. The molecule has 0 aliphatic heterocycles. The number of carbonyl (C=O) groups is 2. The van der Waals surface area contributed by atoms with Gasteiger partial charge in [-0.15, -0.1) is 6.42 Å². The van der Waals surface area contributed by atoms with Gasteiger partial charge in [0.05, 0.1) is 12.0 Å². The van der Waals surface area contributed by atoms with Gasteiger partial charge in [-0.05, 0) is 31.6 Å². The standard InChI is InChI=1S/C14H22N2O3/c1-4-12(9(2)3)16-14(19)15-11-7-5-10(6-8-11)13(17)18/h1,9-12H,5-8H2,2-3H3,(H,17,18)(H2,15,16,19). The van der Waals surface area contributed by atoms with E-state index in [-0.39, 0.29) is 30.0 Å². The normalized spacial score (nSPS) is 24.3. The summed E-state index contributed by atoms with van der Waals surface area (Å²) in [6, 6.07) is -0.507. The summed E-state index contributed by atoms with van der Waals surface area (Å²) in [7, 11) is 0. The van der Waals surface area contributed by atoms with Gasteiger partial charge >= 0.3 is 12.0 Å². The number of terminal acetylenes is 1. The molecule has 106 valence electrons. The first-order valence-electron chi connectivity index (χ1n) is 6.70. The predicted molar refractivity (Wildman–Crippen MR) is 72.5 cm³/mol. The van der Waals surface area contributed by atoms with Gasteiger partial charge in [0.25, 0.3) is 0 Å². The summed E-state index contributed by atoms with van der Waals surface area (Å²) in [6.07, 6.45) is 7.98. The van der Waals surface area contributed by atoms with Gasteiger partial charge in [0, 0.05) is 6.04 Å². The molecule has 0 aromatic rings. The molecule has 0 heterocycles. The van der Waals surface area contributed by atoms with E-state index < -0.39 is 5.97 Å². The minimum Gasteiger partial charge on any atom is -0.481 e. The lowest BCUT2D eigenvalue weighted by atomic mass is 9.86. The lowest BCUT2D eigenvalue weighted by molar-refractivity contribution is -0.142. The van der Waals surface area contributed by atoms with Gasteiger partial charge in [-0.1, -0.05) is 19.8 Å². The summed E-state index contributed by atoms with van der Waals surface area (Å²) in [4.78, 5) is 22.6. The van der Waals surface area contributed by atoms with Crippen molar-refractivity contribution in [3.63, 3.8) is 0 Å². The molecule has 0 spiro atoms. The number of amides is 2. The summed E-state index contributed by atoms with van der Waals surface area (Å²) in [5.41, 5.74) is 0. The third kappa shape index (κ3) is 4.82. The van der Waals surface area contributed by atoms with Gasteiger partial charge < -0.3 is 15.7 Å². The first-order valence-corrected chi connectivity index (χ1v) is 6.70. The molecule has 0 bridgehead atoms. The highest BCUT2D eigenvalue weighted by Gasteiger charge is 2.27. The number of nitrogens with one attached hydrogen (secondary N) is 2. The third-order valence-corrected chi connectivity index (χ3v) is 3.54. The Bertz CT molecular complexity index is 365. The van der Waals surface area contributed by atoms with E-state index in [9.17, 15) is 9.59 Å². The van der Waals surface area contributed by atoms with Crippen LogP contribution in [0.4, 0.5) is 4.79 Å². The van der Waals surface area contributed by atoms with Crippen molar-refractivity contribution in [2.45, 2.75) is 51.6 Å². The lowest BCUT2D eigenvalue weighted by Crippen LogP contribution is -2.48. The second kappa shape index (κ2) is 7.03. The Hall–Kier alpha value is -1.70. The molecular weight excluding hydrogens is 244 g/mol. The molecule has 5 heteroatoms. The van der Waals surface area contributed by atoms with Crippen LogP contribution in [0.2, 0.25) is 0 Å². The quantitative estimate of drug-likeness (QED) is 0.676. The summed E-state index contributed by atoms with van der Waals surface area (Å²) >= 11 is 0. The van der Waals surface area contributed by atoms with Crippen LogP contribution in [-0.2, 0) is 4.79 Å². The third-order valence-electron chi connectivity index (χ3n) is 3.54. The zero-order valence-corrected chi connectivity index (χ0v) is 11.5. The van der Waals surface area contributed by atoms with Crippen LogP contribution in [0.15, 0.2) is 0 Å². The van der Waals surface area contributed by atoms with Gasteiger partial charge in [-0.3, -0.25) is 4.79 Å². The van der Waals surface area contributed by atoms with Crippen molar-refractivity contribution in [2.24, 2.45) is 11.8 Å². The van der Waals surface area contributed by atoms with E-state index in [0.29, 0.717) is 25.7 Å². The van der Waals surface area contributed by atoms with Crippen molar-refractivity contribution in [3.8, 4) is 12.3 Å². The predicted octanol–water partition coefficient (Wildman–Crippen LogP) is 1.59. The second-order valence-corrected chi connectivity index (χ2v) is 5.39. The molecule has 0 saturated heterocycles. The Labute approximate surface area is 114 Å². The minimum atomic E-state index is -0.741. The number of carboxylic acids is 1. The van der Waals surface area contributed by atoms with E-state index in [4.69, 9.17) is 11.5 Å². The smallest absolute Gasteiger partial charge is 0.315 e. The maximum atomic E-state index is 11.8. The van der Waals surface area contributed by atoms with Crippen LogP contribution in [0.5, 0.6) is 0 Å². The Balaban J connectivity index is 2.35. The number of hydrogen-bond donors (Lipinski definition) is 3. The number of carboxylic acid groups (broad SMARTS) is 1. The molecule has 3 N–H and O–H groups in total. The summed E-state index contributed by atoms with van der Waals surface area (Å²) in [5, 5.41) is 14.5. The fraction of sp³-hybridized carbons (Fsp3) is 0.714. The molecule has 1 aliphatic rings. The van der Waals surface area contributed by atoms with Crippen molar-refractivity contribution < 1.29 is 14.7 Å². The van der Waals surface area contributed by atoms with Crippen LogP contribution in [0.3, 0.4) is 0 Å². The monoisotopic (exact) mass is 266 g/mol. The lowest BCUT2D eigenvalue weighted by Gasteiger charge is -2.27. The number of urea groups is 1. The van der Waals surface area contributed by atoms with E-state index >= 15 is 0 Å². The topological polar surface area (TPSA) is 78.4 Å². The Morgan fingerprint density at radius 3 is 2.26 bits per heavy atom. The van der Waals surface area contributed by atoms with Crippen LogP contribution in [0.25, 0.3) is 0 Å². The van der Waals surface area contributed by atoms with Crippen LogP contribution in [0, 0.1) is 24.2 Å². The SMILES string of the molecule is C#CC(NC(=O)NC1CCC(C(=O)O)CC1)C(C)C. The Morgan fingerprint density at radius 1 is 1.26 bits per heavy atom. The van der Waals surface area contributed by atoms with E-state index in [1.165, 1.54) is 0 Å². The molecule has 1 rings (SSSR count). The van der Waals surface area contributed by atoms with Crippen molar-refractivity contribution in [1.29, 1.82) is 0 Å². The fourth-order valence-electron chi connectivity index (χ4n) is 2.25. The van der Waals surface area contributed by atoms with E-state index in [1.807, 2.05) is 13.8 Å². The molecule has 0 aromatic carbocycles. The molecule has 19 heavy (non-hydrogen) atoms. The van der Waals surface area contributed by atoms with E-state index in [0.717, 1.165) is 0 Å². The van der Waals surface area contributed by atoms with Crippen LogP contribution in [-0.4, -0.2) is 29.2 Å². The Kier molecular flexibility index (Phi) is 5.68. The van der Waals surface area contributed by atoms with Gasteiger partial charge in [0.15, 0.2) is 0 Å². The van der Waals surface area contributed by atoms with Crippen molar-refractivity contribution in [1.82, 2.24) is 10.6 Å². The zero-order chi connectivity index (χ0) is 14.4. The maximum absolute atomic E-state index is 11.8. The molecule has 1 saturated carbocycles.